The van der Waals surface area contributed by atoms with Crippen molar-refractivity contribution in [3.8, 4) is 17.2 Å². The van der Waals surface area contributed by atoms with E-state index < -0.39 is 0 Å². The van der Waals surface area contributed by atoms with Crippen molar-refractivity contribution in [2.24, 2.45) is 5.92 Å². The average molecular weight is 320 g/mol. The molecule has 1 fully saturated rings. The van der Waals surface area contributed by atoms with Gasteiger partial charge in [-0.05, 0) is 55.0 Å². The zero-order chi connectivity index (χ0) is 16.0. The molecule has 0 radical (unpaired) electrons. The van der Waals surface area contributed by atoms with Crippen LogP contribution in [0.5, 0.6) is 0 Å². The lowest BCUT2D eigenvalue weighted by Gasteiger charge is -2.12. The zero-order valence-corrected chi connectivity index (χ0v) is 13.6. The number of hydrogen-bond donors (Lipinski definition) is 0. The van der Waals surface area contributed by atoms with Gasteiger partial charge in [0.15, 0.2) is 0 Å². The molecule has 1 unspecified atom stereocenters. The Balaban J connectivity index is 1.87. The molecule has 1 aliphatic carbocycles. The van der Waals surface area contributed by atoms with Crippen LogP contribution in [0.4, 0.5) is 0 Å². The number of aromatic nitrogens is 1. The Bertz CT molecular complexity index is 989. The highest BCUT2D eigenvalue weighted by atomic mass is 32.1. The summed E-state index contributed by atoms with van der Waals surface area (Å²) >= 11 is 1.30. The molecule has 1 atom stereocenters. The summed E-state index contributed by atoms with van der Waals surface area (Å²) in [5.41, 5.74) is 3.57. The molecule has 3 aromatic rings. The lowest BCUT2D eigenvalue weighted by molar-refractivity contribution is 0.493. The minimum Gasteiger partial charge on any atom is -0.296 e. The number of fused-ring (bicyclic) bond motifs is 1. The maximum absolute atomic E-state index is 12.4. The van der Waals surface area contributed by atoms with E-state index in [0.717, 1.165) is 21.3 Å². The molecule has 1 aromatic heterocycles. The Labute approximate surface area is 138 Å². The summed E-state index contributed by atoms with van der Waals surface area (Å²) in [4.78, 5) is 12.5. The number of benzene rings is 2. The molecule has 23 heavy (non-hydrogen) atoms. The molecule has 4 rings (SSSR count). The van der Waals surface area contributed by atoms with E-state index in [0.29, 0.717) is 11.5 Å². The predicted molar refractivity (Wildman–Crippen MR) is 93.7 cm³/mol. The third-order valence-electron chi connectivity index (χ3n) is 4.68. The van der Waals surface area contributed by atoms with Gasteiger partial charge >= 0.3 is 4.87 Å². The molecule has 0 aliphatic heterocycles. The van der Waals surface area contributed by atoms with E-state index in [-0.39, 0.29) is 10.9 Å². The topological polar surface area (TPSA) is 45.8 Å². The van der Waals surface area contributed by atoms with Gasteiger partial charge in [0.05, 0.1) is 21.8 Å². The number of rotatable bonds is 3. The van der Waals surface area contributed by atoms with Crippen LogP contribution in [-0.4, -0.2) is 4.57 Å². The van der Waals surface area contributed by atoms with Crippen molar-refractivity contribution in [2.75, 3.05) is 0 Å². The Morgan fingerprint density at radius 3 is 2.78 bits per heavy atom. The highest BCUT2D eigenvalue weighted by Crippen LogP contribution is 2.40. The van der Waals surface area contributed by atoms with Crippen molar-refractivity contribution in [2.45, 2.75) is 25.8 Å². The van der Waals surface area contributed by atoms with Gasteiger partial charge < -0.3 is 0 Å². The fourth-order valence-electron chi connectivity index (χ4n) is 3.21. The fourth-order valence-corrected chi connectivity index (χ4v) is 4.22. The Hall–Kier alpha value is -2.38. The molecule has 0 N–H and O–H groups in total. The second-order valence-corrected chi connectivity index (χ2v) is 7.15. The van der Waals surface area contributed by atoms with E-state index in [1.807, 2.05) is 47.0 Å². The molecule has 1 heterocycles. The summed E-state index contributed by atoms with van der Waals surface area (Å²) in [6.07, 6.45) is 2.44. The van der Waals surface area contributed by atoms with E-state index >= 15 is 0 Å². The van der Waals surface area contributed by atoms with Crippen molar-refractivity contribution in [1.29, 1.82) is 5.26 Å². The molecule has 4 heteroatoms. The van der Waals surface area contributed by atoms with Gasteiger partial charge in [-0.3, -0.25) is 9.36 Å². The quantitative estimate of drug-likeness (QED) is 0.709. The van der Waals surface area contributed by atoms with Crippen molar-refractivity contribution in [3.05, 3.63) is 57.7 Å². The monoisotopic (exact) mass is 320 g/mol. The molecule has 1 aliphatic rings. The molecule has 0 amide bonds. The molecule has 0 bridgehead atoms. The summed E-state index contributed by atoms with van der Waals surface area (Å²) in [5, 5.41) is 9.28. The summed E-state index contributed by atoms with van der Waals surface area (Å²) in [7, 11) is 0. The number of thiazole rings is 1. The molecule has 0 spiro atoms. The van der Waals surface area contributed by atoms with Crippen LogP contribution in [0.2, 0.25) is 0 Å². The van der Waals surface area contributed by atoms with Gasteiger partial charge in [0.1, 0.15) is 0 Å². The molecular formula is C19H16N2OS. The van der Waals surface area contributed by atoms with Crippen molar-refractivity contribution in [1.82, 2.24) is 4.57 Å². The summed E-state index contributed by atoms with van der Waals surface area (Å²) in [5.74, 6) is 0.643. The first-order valence-corrected chi connectivity index (χ1v) is 8.65. The third-order valence-corrected chi connectivity index (χ3v) is 5.60. The van der Waals surface area contributed by atoms with E-state index in [2.05, 4.69) is 13.0 Å². The number of hydrogen-bond acceptors (Lipinski definition) is 3. The van der Waals surface area contributed by atoms with Gasteiger partial charge in [-0.25, -0.2) is 0 Å². The summed E-state index contributed by atoms with van der Waals surface area (Å²) in [6, 6.07) is 16.2. The predicted octanol–water partition coefficient (Wildman–Crippen LogP) is 4.57. The number of nitriles is 1. The smallest absolute Gasteiger partial charge is 0.296 e. The lowest BCUT2D eigenvalue weighted by Crippen LogP contribution is -2.18. The molecule has 1 saturated carbocycles. The second kappa shape index (κ2) is 5.36. The lowest BCUT2D eigenvalue weighted by atomic mass is 10.0. The first kappa shape index (κ1) is 14.2. The van der Waals surface area contributed by atoms with Crippen molar-refractivity contribution < 1.29 is 0 Å². The van der Waals surface area contributed by atoms with Crippen LogP contribution in [0.25, 0.3) is 21.3 Å². The molecular weight excluding hydrogens is 304 g/mol. The molecule has 0 saturated heterocycles. The normalized spacial score (nSPS) is 15.5. The van der Waals surface area contributed by atoms with E-state index in [4.69, 9.17) is 0 Å². The zero-order valence-electron chi connectivity index (χ0n) is 12.8. The first-order chi connectivity index (χ1) is 11.2. The van der Waals surface area contributed by atoms with Gasteiger partial charge in [-0.2, -0.15) is 5.26 Å². The van der Waals surface area contributed by atoms with E-state index in [1.54, 1.807) is 0 Å². The molecule has 2 aromatic carbocycles. The minimum absolute atomic E-state index is 0.116. The Kier molecular flexibility index (Phi) is 3.32. The van der Waals surface area contributed by atoms with Crippen molar-refractivity contribution in [3.63, 3.8) is 0 Å². The van der Waals surface area contributed by atoms with Crippen LogP contribution < -0.4 is 4.87 Å². The maximum Gasteiger partial charge on any atom is 0.308 e. The van der Waals surface area contributed by atoms with Gasteiger partial charge in [0.25, 0.3) is 0 Å². The minimum atomic E-state index is 0.116. The van der Waals surface area contributed by atoms with Crippen LogP contribution in [0.15, 0.2) is 47.3 Å². The summed E-state index contributed by atoms with van der Waals surface area (Å²) < 4.78 is 2.94. The van der Waals surface area contributed by atoms with Crippen LogP contribution in [0.3, 0.4) is 0 Å². The molecule has 3 nitrogen and oxygen atoms in total. The van der Waals surface area contributed by atoms with Gasteiger partial charge in [-0.15, -0.1) is 0 Å². The molecule has 114 valence electrons. The average Bonchev–Trinajstić information content (AvgIpc) is 3.36. The van der Waals surface area contributed by atoms with Crippen LogP contribution in [-0.2, 0) is 0 Å². The van der Waals surface area contributed by atoms with Crippen LogP contribution in [0.1, 0.15) is 31.4 Å². The van der Waals surface area contributed by atoms with Gasteiger partial charge in [0, 0.05) is 6.04 Å². The SMILES string of the molecule is CC(C1CC1)n1c(=O)sc2cc(-c3ccccc3C#N)ccc21. The van der Waals surface area contributed by atoms with Crippen molar-refractivity contribution >= 4 is 21.6 Å². The van der Waals surface area contributed by atoms with Gasteiger partial charge in [0.2, 0.25) is 0 Å². The standard InChI is InChI=1S/C19H16N2OS/c1-12(13-6-7-13)21-17-9-8-14(10-18(17)23-19(21)22)16-5-3-2-4-15(16)11-20/h2-5,8-10,12-13H,6-7H2,1H3. The Morgan fingerprint density at radius 2 is 2.04 bits per heavy atom. The van der Waals surface area contributed by atoms with Gasteiger partial charge in [-0.1, -0.05) is 35.6 Å². The second-order valence-electron chi connectivity index (χ2n) is 6.16. The van der Waals surface area contributed by atoms with E-state index in [1.165, 1.54) is 24.2 Å². The highest BCUT2D eigenvalue weighted by Gasteiger charge is 2.31. The largest absolute Gasteiger partial charge is 0.308 e. The third kappa shape index (κ3) is 2.38. The maximum atomic E-state index is 12.4. The van der Waals surface area contributed by atoms with E-state index in [9.17, 15) is 10.1 Å². The number of nitrogens with zero attached hydrogens (tertiary/aromatic N) is 2. The Morgan fingerprint density at radius 1 is 1.26 bits per heavy atom. The summed E-state index contributed by atoms with van der Waals surface area (Å²) in [6.45, 7) is 2.14. The van der Waals surface area contributed by atoms with Crippen LogP contribution >= 0.6 is 11.3 Å². The van der Waals surface area contributed by atoms with Crippen LogP contribution in [0, 0.1) is 17.2 Å². The first-order valence-electron chi connectivity index (χ1n) is 7.83. The fraction of sp³-hybridized carbons (Fsp3) is 0.263. The highest BCUT2D eigenvalue weighted by molar-refractivity contribution is 7.16.